The minimum absolute atomic E-state index is 0.537. The number of anilines is 1. The van der Waals surface area contributed by atoms with Gasteiger partial charge in [0, 0.05) is 24.3 Å². The van der Waals surface area contributed by atoms with Crippen LogP contribution in [0, 0.1) is 11.8 Å². The van der Waals surface area contributed by atoms with Gasteiger partial charge >= 0.3 is 0 Å². The van der Waals surface area contributed by atoms with Crippen LogP contribution >= 0.6 is 11.6 Å². The maximum atomic E-state index is 6.01. The van der Waals surface area contributed by atoms with Crippen LogP contribution in [0.2, 0.25) is 0 Å². The Morgan fingerprint density at radius 2 is 2.18 bits per heavy atom. The second kappa shape index (κ2) is 5.26. The number of alkyl halides is 1. The molecular formula is C14H21ClN2. The fraction of sp³-hybridized carbons (Fsp3) is 0.643. The molecule has 1 fully saturated rings. The van der Waals surface area contributed by atoms with Crippen LogP contribution in [-0.2, 0) is 5.88 Å². The van der Waals surface area contributed by atoms with Crippen LogP contribution in [0.15, 0.2) is 18.3 Å². The number of pyridine rings is 1. The molecule has 1 aliphatic heterocycles. The molecule has 3 atom stereocenters. The number of hydrogen-bond donors (Lipinski definition) is 0. The Hall–Kier alpha value is -0.760. The summed E-state index contributed by atoms with van der Waals surface area (Å²) >= 11 is 6.01. The summed E-state index contributed by atoms with van der Waals surface area (Å²) in [5.74, 6) is 3.05. The van der Waals surface area contributed by atoms with Gasteiger partial charge in [-0.15, -0.1) is 11.6 Å². The van der Waals surface area contributed by atoms with E-state index in [2.05, 4.69) is 36.7 Å². The molecule has 17 heavy (non-hydrogen) atoms. The molecule has 3 unspecified atom stereocenters. The Morgan fingerprint density at radius 3 is 2.88 bits per heavy atom. The zero-order valence-electron chi connectivity index (χ0n) is 10.9. The van der Waals surface area contributed by atoms with Crippen LogP contribution in [0.5, 0.6) is 0 Å². The lowest BCUT2D eigenvalue weighted by Gasteiger charge is -2.42. The van der Waals surface area contributed by atoms with Gasteiger partial charge in [-0.25, -0.2) is 4.98 Å². The van der Waals surface area contributed by atoms with E-state index in [1.165, 1.54) is 6.42 Å². The van der Waals surface area contributed by atoms with E-state index in [1.54, 1.807) is 0 Å². The van der Waals surface area contributed by atoms with Gasteiger partial charge in [0.25, 0.3) is 0 Å². The van der Waals surface area contributed by atoms with Crippen molar-refractivity contribution in [3.8, 4) is 0 Å². The number of hydrogen-bond acceptors (Lipinski definition) is 2. The third kappa shape index (κ3) is 2.57. The minimum atomic E-state index is 0.537. The summed E-state index contributed by atoms with van der Waals surface area (Å²) in [4.78, 5) is 6.96. The van der Waals surface area contributed by atoms with E-state index in [0.29, 0.717) is 17.8 Å². The Bertz CT molecular complexity index is 380. The van der Waals surface area contributed by atoms with Crippen molar-refractivity contribution in [2.75, 3.05) is 11.4 Å². The monoisotopic (exact) mass is 252 g/mol. The molecular weight excluding hydrogens is 232 g/mol. The van der Waals surface area contributed by atoms with Crippen molar-refractivity contribution in [2.45, 2.75) is 39.1 Å². The molecule has 0 aliphatic carbocycles. The molecule has 0 saturated carbocycles. The molecule has 2 heterocycles. The fourth-order valence-electron chi connectivity index (χ4n) is 2.79. The number of aromatic nitrogens is 1. The first-order valence-corrected chi connectivity index (χ1v) is 6.93. The zero-order chi connectivity index (χ0) is 12.4. The molecule has 1 saturated heterocycles. The van der Waals surface area contributed by atoms with Crippen molar-refractivity contribution in [2.24, 2.45) is 11.8 Å². The maximum Gasteiger partial charge on any atom is 0.133 e. The van der Waals surface area contributed by atoms with E-state index in [0.717, 1.165) is 23.8 Å². The summed E-state index contributed by atoms with van der Waals surface area (Å²) in [5.41, 5.74) is 1.14. The van der Waals surface area contributed by atoms with Gasteiger partial charge in [0.05, 0.1) is 5.88 Å². The maximum absolute atomic E-state index is 6.01. The van der Waals surface area contributed by atoms with Gasteiger partial charge in [-0.3, -0.25) is 0 Å². The highest BCUT2D eigenvalue weighted by molar-refractivity contribution is 6.17. The lowest BCUT2D eigenvalue weighted by molar-refractivity contribution is 0.295. The van der Waals surface area contributed by atoms with Gasteiger partial charge in [-0.05, 0) is 31.2 Å². The van der Waals surface area contributed by atoms with Crippen molar-refractivity contribution < 1.29 is 0 Å². The molecule has 0 aromatic carbocycles. The van der Waals surface area contributed by atoms with Gasteiger partial charge in [-0.2, -0.15) is 0 Å². The normalized spacial score (nSPS) is 29.4. The number of rotatable bonds is 2. The molecule has 3 heteroatoms. The van der Waals surface area contributed by atoms with Crippen LogP contribution in [0.3, 0.4) is 0 Å². The van der Waals surface area contributed by atoms with E-state index < -0.39 is 0 Å². The van der Waals surface area contributed by atoms with Crippen LogP contribution < -0.4 is 4.90 Å². The first-order valence-electron chi connectivity index (χ1n) is 6.40. The molecule has 1 aromatic rings. The standard InChI is InChI=1S/C14H21ClN2/c1-10-7-11(2)12(3)17(9-10)14-13(8-15)5-4-6-16-14/h4-6,10-12H,7-9H2,1-3H3. The van der Waals surface area contributed by atoms with Crippen molar-refractivity contribution in [3.05, 3.63) is 23.9 Å². The first-order chi connectivity index (χ1) is 8.13. The van der Waals surface area contributed by atoms with Crippen molar-refractivity contribution in [1.82, 2.24) is 4.98 Å². The van der Waals surface area contributed by atoms with Gasteiger partial charge in [-0.1, -0.05) is 19.9 Å². The Labute approximate surface area is 109 Å². The van der Waals surface area contributed by atoms with E-state index in [1.807, 2.05) is 12.3 Å². The summed E-state index contributed by atoms with van der Waals surface area (Å²) in [7, 11) is 0. The molecule has 2 rings (SSSR count). The van der Waals surface area contributed by atoms with Gasteiger partial charge in [0.2, 0.25) is 0 Å². The first kappa shape index (κ1) is 12.7. The van der Waals surface area contributed by atoms with Crippen molar-refractivity contribution in [1.29, 1.82) is 0 Å². The smallest absolute Gasteiger partial charge is 0.133 e. The molecule has 0 spiro atoms. The highest BCUT2D eigenvalue weighted by atomic mass is 35.5. The Morgan fingerprint density at radius 1 is 1.41 bits per heavy atom. The number of halogens is 1. The highest BCUT2D eigenvalue weighted by Gasteiger charge is 2.30. The summed E-state index contributed by atoms with van der Waals surface area (Å²) in [6.45, 7) is 8.03. The van der Waals surface area contributed by atoms with Crippen LogP contribution in [0.4, 0.5) is 5.82 Å². The molecule has 0 N–H and O–H groups in total. The average Bonchev–Trinajstić information content (AvgIpc) is 2.33. The number of nitrogens with zero attached hydrogens (tertiary/aromatic N) is 2. The lowest BCUT2D eigenvalue weighted by Crippen LogP contribution is -2.46. The third-order valence-corrected chi connectivity index (χ3v) is 4.17. The largest absolute Gasteiger partial charge is 0.353 e. The van der Waals surface area contributed by atoms with Crippen molar-refractivity contribution >= 4 is 17.4 Å². The summed E-state index contributed by atoms with van der Waals surface area (Å²) in [6.07, 6.45) is 3.17. The van der Waals surface area contributed by atoms with Crippen LogP contribution in [-0.4, -0.2) is 17.6 Å². The molecule has 0 radical (unpaired) electrons. The third-order valence-electron chi connectivity index (χ3n) is 3.88. The highest BCUT2D eigenvalue weighted by Crippen LogP contribution is 2.32. The molecule has 0 bridgehead atoms. The van der Waals surface area contributed by atoms with E-state index in [4.69, 9.17) is 11.6 Å². The fourth-order valence-corrected chi connectivity index (χ4v) is 3.00. The second-order valence-electron chi connectivity index (χ2n) is 5.33. The zero-order valence-corrected chi connectivity index (χ0v) is 11.6. The van der Waals surface area contributed by atoms with Gasteiger partial charge in [0.1, 0.15) is 5.82 Å². The molecule has 1 aromatic heterocycles. The average molecular weight is 253 g/mol. The topological polar surface area (TPSA) is 16.1 Å². The molecule has 2 nitrogen and oxygen atoms in total. The van der Waals surface area contributed by atoms with Crippen LogP contribution in [0.1, 0.15) is 32.8 Å². The predicted molar refractivity (Wildman–Crippen MR) is 73.5 cm³/mol. The molecule has 0 amide bonds. The van der Waals surface area contributed by atoms with Gasteiger partial charge in [0.15, 0.2) is 0 Å². The second-order valence-corrected chi connectivity index (χ2v) is 5.60. The quantitative estimate of drug-likeness (QED) is 0.747. The van der Waals surface area contributed by atoms with Crippen LogP contribution in [0.25, 0.3) is 0 Å². The lowest BCUT2D eigenvalue weighted by atomic mass is 9.86. The summed E-state index contributed by atoms with van der Waals surface area (Å²) < 4.78 is 0. The molecule has 1 aliphatic rings. The van der Waals surface area contributed by atoms with Gasteiger partial charge < -0.3 is 4.90 Å². The Kier molecular flexibility index (Phi) is 3.93. The van der Waals surface area contributed by atoms with E-state index in [-0.39, 0.29) is 0 Å². The number of piperidine rings is 1. The molecule has 94 valence electrons. The van der Waals surface area contributed by atoms with E-state index in [9.17, 15) is 0 Å². The SMILES string of the molecule is CC1CC(C)C(C)N(c2ncccc2CCl)C1. The Balaban J connectivity index is 2.31. The van der Waals surface area contributed by atoms with Crippen molar-refractivity contribution in [3.63, 3.8) is 0 Å². The van der Waals surface area contributed by atoms with E-state index >= 15 is 0 Å². The summed E-state index contributed by atoms with van der Waals surface area (Å²) in [6, 6.07) is 4.58. The predicted octanol–water partition coefficient (Wildman–Crippen LogP) is 3.69. The minimum Gasteiger partial charge on any atom is -0.353 e. The summed E-state index contributed by atoms with van der Waals surface area (Å²) in [5, 5.41) is 0.